The summed E-state index contributed by atoms with van der Waals surface area (Å²) < 4.78 is 1.38. The van der Waals surface area contributed by atoms with Gasteiger partial charge in [-0.3, -0.25) is 4.79 Å². The van der Waals surface area contributed by atoms with E-state index < -0.39 is 0 Å². The highest BCUT2D eigenvalue weighted by Gasteiger charge is 2.10. The molecule has 102 valence electrons. The fourth-order valence-corrected chi connectivity index (χ4v) is 2.62. The van der Waals surface area contributed by atoms with Crippen molar-refractivity contribution in [2.45, 2.75) is 26.3 Å². The summed E-state index contributed by atoms with van der Waals surface area (Å²) in [6.07, 6.45) is 2.51. The van der Waals surface area contributed by atoms with Crippen molar-refractivity contribution in [2.24, 2.45) is 0 Å². The Morgan fingerprint density at radius 2 is 2.32 bits per heavy atom. The van der Waals surface area contributed by atoms with Gasteiger partial charge in [-0.05, 0) is 31.7 Å². The van der Waals surface area contributed by atoms with Gasteiger partial charge in [-0.1, -0.05) is 17.7 Å². The van der Waals surface area contributed by atoms with Gasteiger partial charge >= 0.3 is 0 Å². The van der Waals surface area contributed by atoms with E-state index in [1.165, 1.54) is 9.56 Å². The largest absolute Gasteiger partial charge is 0.382 e. The van der Waals surface area contributed by atoms with Crippen LogP contribution in [0.25, 0.3) is 0 Å². The summed E-state index contributed by atoms with van der Waals surface area (Å²) in [5.41, 5.74) is 0.345. The van der Waals surface area contributed by atoms with E-state index in [1.807, 2.05) is 25.3 Å². The normalized spacial score (nSPS) is 10.9. The van der Waals surface area contributed by atoms with Crippen LogP contribution in [-0.4, -0.2) is 16.3 Å². The third kappa shape index (κ3) is 3.36. The molecule has 2 aromatic heterocycles. The molecule has 0 aliphatic rings. The number of hydrogen-bond donors (Lipinski definition) is 1. The summed E-state index contributed by atoms with van der Waals surface area (Å²) in [6, 6.07) is 4.12. The van der Waals surface area contributed by atoms with E-state index in [-0.39, 0.29) is 16.6 Å². The van der Waals surface area contributed by atoms with Gasteiger partial charge in [0.25, 0.3) is 5.56 Å². The zero-order valence-electron chi connectivity index (χ0n) is 10.9. The molecule has 0 amide bonds. The SMILES string of the molecule is CC(C)n1ncc(NCCc2cccs2)c(Cl)c1=O. The molecule has 0 bridgehead atoms. The molecule has 0 aromatic carbocycles. The molecule has 2 rings (SSSR count). The van der Waals surface area contributed by atoms with Crippen LogP contribution in [-0.2, 0) is 6.42 Å². The molecule has 0 radical (unpaired) electrons. The Hall–Kier alpha value is -1.33. The number of aromatic nitrogens is 2. The van der Waals surface area contributed by atoms with Gasteiger partial charge in [-0.15, -0.1) is 11.3 Å². The first-order valence-electron chi connectivity index (χ1n) is 6.13. The van der Waals surface area contributed by atoms with Gasteiger partial charge in [0.1, 0.15) is 5.02 Å². The maximum Gasteiger partial charge on any atom is 0.287 e. The molecular weight excluding hydrogens is 282 g/mol. The summed E-state index contributed by atoms with van der Waals surface area (Å²) >= 11 is 7.79. The predicted molar refractivity (Wildman–Crippen MR) is 80.4 cm³/mol. The van der Waals surface area contributed by atoms with Crippen molar-refractivity contribution in [2.75, 3.05) is 11.9 Å². The molecule has 19 heavy (non-hydrogen) atoms. The average molecular weight is 298 g/mol. The van der Waals surface area contributed by atoms with Crippen molar-refractivity contribution in [3.8, 4) is 0 Å². The highest BCUT2D eigenvalue weighted by atomic mass is 35.5. The maximum absolute atomic E-state index is 12.0. The van der Waals surface area contributed by atoms with Gasteiger partial charge < -0.3 is 5.32 Å². The lowest BCUT2D eigenvalue weighted by Gasteiger charge is -2.11. The molecule has 0 unspecified atom stereocenters. The van der Waals surface area contributed by atoms with Gasteiger partial charge in [0, 0.05) is 11.4 Å². The molecule has 0 saturated carbocycles. The molecule has 0 saturated heterocycles. The third-order valence-corrected chi connectivity index (χ3v) is 4.00. The zero-order chi connectivity index (χ0) is 13.8. The average Bonchev–Trinajstić information content (AvgIpc) is 2.87. The van der Waals surface area contributed by atoms with Crippen LogP contribution in [0.15, 0.2) is 28.5 Å². The second-order valence-corrected chi connectivity index (χ2v) is 5.88. The van der Waals surface area contributed by atoms with Gasteiger partial charge in [0.15, 0.2) is 0 Å². The molecule has 1 N–H and O–H groups in total. The molecule has 6 heteroatoms. The topological polar surface area (TPSA) is 46.9 Å². The molecular formula is C13H16ClN3OS. The highest BCUT2D eigenvalue weighted by Crippen LogP contribution is 2.17. The number of halogens is 1. The minimum atomic E-state index is -0.252. The number of anilines is 1. The Balaban J connectivity index is 2.05. The van der Waals surface area contributed by atoms with E-state index in [2.05, 4.69) is 16.5 Å². The predicted octanol–water partition coefficient (Wildman–Crippen LogP) is 3.19. The second kappa shape index (κ2) is 6.21. The van der Waals surface area contributed by atoms with E-state index in [4.69, 9.17) is 11.6 Å². The van der Waals surface area contributed by atoms with Crippen LogP contribution in [0.4, 0.5) is 5.69 Å². The van der Waals surface area contributed by atoms with Gasteiger partial charge in [0.05, 0.1) is 17.9 Å². The van der Waals surface area contributed by atoms with Gasteiger partial charge in [0.2, 0.25) is 0 Å². The first kappa shape index (κ1) is 14.1. The summed E-state index contributed by atoms with van der Waals surface area (Å²) in [6.45, 7) is 4.52. The Bertz CT molecular complexity index is 592. The Kier molecular flexibility index (Phi) is 4.61. The van der Waals surface area contributed by atoms with Crippen LogP contribution in [0, 0.1) is 0 Å². The van der Waals surface area contributed by atoms with Crippen LogP contribution in [0.5, 0.6) is 0 Å². The molecule has 0 spiro atoms. The molecule has 0 aliphatic heterocycles. The quantitative estimate of drug-likeness (QED) is 0.922. The summed E-state index contributed by atoms with van der Waals surface area (Å²) in [4.78, 5) is 13.3. The molecule has 0 fully saturated rings. The Labute approximate surface area is 121 Å². The Morgan fingerprint density at radius 3 is 2.95 bits per heavy atom. The number of rotatable bonds is 5. The van der Waals surface area contributed by atoms with Gasteiger partial charge in [-0.25, -0.2) is 4.68 Å². The molecule has 2 aromatic rings. The maximum atomic E-state index is 12.0. The molecule has 2 heterocycles. The second-order valence-electron chi connectivity index (χ2n) is 4.47. The van der Waals surface area contributed by atoms with Crippen molar-refractivity contribution >= 4 is 28.6 Å². The summed E-state index contributed by atoms with van der Waals surface area (Å²) in [5, 5.41) is 9.52. The number of hydrogen-bond acceptors (Lipinski definition) is 4. The molecule has 0 aliphatic carbocycles. The highest BCUT2D eigenvalue weighted by molar-refractivity contribution is 7.09. The third-order valence-electron chi connectivity index (χ3n) is 2.70. The van der Waals surface area contributed by atoms with E-state index >= 15 is 0 Å². The fraction of sp³-hybridized carbons (Fsp3) is 0.385. The number of nitrogens with one attached hydrogen (secondary N) is 1. The summed E-state index contributed by atoms with van der Waals surface area (Å²) in [5.74, 6) is 0. The standard InChI is InChI=1S/C13H16ClN3OS/c1-9(2)17-13(18)12(14)11(8-16-17)15-6-5-10-4-3-7-19-10/h3-4,7-9,15H,5-6H2,1-2H3. The number of nitrogens with zero attached hydrogens (tertiary/aromatic N) is 2. The smallest absolute Gasteiger partial charge is 0.287 e. The van der Waals surface area contributed by atoms with Crippen LogP contribution in [0.2, 0.25) is 5.02 Å². The lowest BCUT2D eigenvalue weighted by atomic mass is 10.3. The van der Waals surface area contributed by atoms with E-state index in [0.29, 0.717) is 5.69 Å². The van der Waals surface area contributed by atoms with Crippen LogP contribution >= 0.6 is 22.9 Å². The zero-order valence-corrected chi connectivity index (χ0v) is 12.5. The minimum Gasteiger partial charge on any atom is -0.382 e. The van der Waals surface area contributed by atoms with E-state index in [9.17, 15) is 4.79 Å². The van der Waals surface area contributed by atoms with E-state index in [1.54, 1.807) is 17.5 Å². The molecule has 4 nitrogen and oxygen atoms in total. The van der Waals surface area contributed by atoms with E-state index in [0.717, 1.165) is 13.0 Å². The number of thiophene rings is 1. The lowest BCUT2D eigenvalue weighted by molar-refractivity contribution is 0.503. The lowest BCUT2D eigenvalue weighted by Crippen LogP contribution is -2.26. The van der Waals surface area contributed by atoms with Gasteiger partial charge in [-0.2, -0.15) is 5.10 Å². The van der Waals surface area contributed by atoms with Crippen molar-refractivity contribution in [3.05, 3.63) is 44.0 Å². The van der Waals surface area contributed by atoms with Crippen LogP contribution < -0.4 is 10.9 Å². The summed E-state index contributed by atoms with van der Waals surface area (Å²) in [7, 11) is 0. The minimum absolute atomic E-state index is 0.00479. The van der Waals surface area contributed by atoms with Crippen molar-refractivity contribution < 1.29 is 0 Å². The van der Waals surface area contributed by atoms with Crippen LogP contribution in [0.1, 0.15) is 24.8 Å². The van der Waals surface area contributed by atoms with Crippen molar-refractivity contribution in [1.29, 1.82) is 0 Å². The first-order valence-corrected chi connectivity index (χ1v) is 7.39. The molecule has 0 atom stereocenters. The Morgan fingerprint density at radius 1 is 1.53 bits per heavy atom. The fourth-order valence-electron chi connectivity index (χ4n) is 1.71. The monoisotopic (exact) mass is 297 g/mol. The first-order chi connectivity index (χ1) is 9.09. The van der Waals surface area contributed by atoms with Crippen LogP contribution in [0.3, 0.4) is 0 Å². The van der Waals surface area contributed by atoms with Crippen molar-refractivity contribution in [1.82, 2.24) is 9.78 Å². The van der Waals surface area contributed by atoms with Crippen molar-refractivity contribution in [3.63, 3.8) is 0 Å².